The third-order valence-electron chi connectivity index (χ3n) is 2.61. The zero-order valence-corrected chi connectivity index (χ0v) is 13.0. The van der Waals surface area contributed by atoms with Crippen LogP contribution in [0.4, 0.5) is 5.13 Å². The second-order valence-electron chi connectivity index (χ2n) is 4.63. The van der Waals surface area contributed by atoms with Crippen molar-refractivity contribution in [3.05, 3.63) is 45.9 Å². The number of benzene rings is 1. The SMILES string of the molecule is CC(=O)Nc1nc(CN(C)Cc2cccc(Cl)c2)cs1. The molecule has 0 saturated heterocycles. The molecule has 1 N–H and O–H groups in total. The predicted molar refractivity (Wildman–Crippen MR) is 83.0 cm³/mol. The van der Waals surface area contributed by atoms with E-state index in [4.69, 9.17) is 11.6 Å². The molecule has 1 aromatic carbocycles. The second-order valence-corrected chi connectivity index (χ2v) is 5.92. The fourth-order valence-corrected chi connectivity index (χ4v) is 2.83. The van der Waals surface area contributed by atoms with Gasteiger partial charge in [0.25, 0.3) is 0 Å². The smallest absolute Gasteiger partial charge is 0.223 e. The van der Waals surface area contributed by atoms with Crippen molar-refractivity contribution >= 4 is 34.0 Å². The molecule has 0 spiro atoms. The van der Waals surface area contributed by atoms with Crippen LogP contribution >= 0.6 is 22.9 Å². The van der Waals surface area contributed by atoms with E-state index in [2.05, 4.69) is 15.2 Å². The Morgan fingerprint density at radius 3 is 2.95 bits per heavy atom. The van der Waals surface area contributed by atoms with Crippen LogP contribution < -0.4 is 5.32 Å². The van der Waals surface area contributed by atoms with E-state index in [0.29, 0.717) is 5.13 Å². The van der Waals surface area contributed by atoms with Gasteiger partial charge in [-0.05, 0) is 24.7 Å². The van der Waals surface area contributed by atoms with Crippen LogP contribution in [0, 0.1) is 0 Å². The molecule has 1 heterocycles. The number of carbonyl (C=O) groups excluding carboxylic acids is 1. The van der Waals surface area contributed by atoms with Crippen molar-refractivity contribution in [3.8, 4) is 0 Å². The molecule has 0 bridgehead atoms. The zero-order chi connectivity index (χ0) is 14.5. The lowest BCUT2D eigenvalue weighted by atomic mass is 10.2. The average molecular weight is 310 g/mol. The third kappa shape index (κ3) is 4.59. The first kappa shape index (κ1) is 15.0. The minimum absolute atomic E-state index is 0.0989. The Bertz CT molecular complexity index is 600. The first-order valence-electron chi connectivity index (χ1n) is 6.18. The first-order chi connectivity index (χ1) is 9.52. The maximum Gasteiger partial charge on any atom is 0.223 e. The highest BCUT2D eigenvalue weighted by Crippen LogP contribution is 2.17. The monoisotopic (exact) mass is 309 g/mol. The van der Waals surface area contributed by atoms with Gasteiger partial charge in [0.15, 0.2) is 5.13 Å². The van der Waals surface area contributed by atoms with Crippen LogP contribution in [0.3, 0.4) is 0 Å². The Balaban J connectivity index is 1.92. The second kappa shape index (κ2) is 6.83. The standard InChI is InChI=1S/C14H16ClN3OS/c1-10(19)16-14-17-13(9-20-14)8-18(2)7-11-4-3-5-12(15)6-11/h3-6,9H,7-8H2,1-2H3,(H,16,17,19). The minimum Gasteiger partial charge on any atom is -0.302 e. The lowest BCUT2D eigenvalue weighted by Crippen LogP contribution is -2.17. The van der Waals surface area contributed by atoms with Gasteiger partial charge in [-0.3, -0.25) is 9.69 Å². The topological polar surface area (TPSA) is 45.2 Å². The van der Waals surface area contributed by atoms with Crippen molar-refractivity contribution in [1.82, 2.24) is 9.88 Å². The maximum absolute atomic E-state index is 11.0. The summed E-state index contributed by atoms with van der Waals surface area (Å²) in [6.07, 6.45) is 0. The number of nitrogens with zero attached hydrogens (tertiary/aromatic N) is 2. The van der Waals surface area contributed by atoms with Crippen LogP contribution in [-0.4, -0.2) is 22.8 Å². The fourth-order valence-electron chi connectivity index (χ4n) is 1.87. The van der Waals surface area contributed by atoms with Gasteiger partial charge < -0.3 is 5.32 Å². The van der Waals surface area contributed by atoms with Crippen molar-refractivity contribution in [2.24, 2.45) is 0 Å². The Morgan fingerprint density at radius 1 is 1.45 bits per heavy atom. The normalized spacial score (nSPS) is 10.8. The molecular formula is C14H16ClN3OS. The maximum atomic E-state index is 11.0. The van der Waals surface area contributed by atoms with Gasteiger partial charge in [-0.1, -0.05) is 23.7 Å². The van der Waals surface area contributed by atoms with Crippen LogP contribution in [-0.2, 0) is 17.9 Å². The summed E-state index contributed by atoms with van der Waals surface area (Å²) in [5, 5.41) is 6.04. The van der Waals surface area contributed by atoms with Crippen LogP contribution in [0.1, 0.15) is 18.2 Å². The number of amides is 1. The molecule has 2 aromatic rings. The Labute approximate surface area is 127 Å². The Kier molecular flexibility index (Phi) is 5.11. The highest BCUT2D eigenvalue weighted by atomic mass is 35.5. The molecule has 0 aliphatic heterocycles. The summed E-state index contributed by atoms with van der Waals surface area (Å²) in [6, 6.07) is 7.82. The molecule has 0 aliphatic carbocycles. The largest absolute Gasteiger partial charge is 0.302 e. The molecule has 0 aliphatic rings. The number of rotatable bonds is 5. The van der Waals surface area contributed by atoms with Crippen LogP contribution in [0.2, 0.25) is 5.02 Å². The van der Waals surface area contributed by atoms with Crippen molar-refractivity contribution in [2.45, 2.75) is 20.0 Å². The van der Waals surface area contributed by atoms with Crippen molar-refractivity contribution in [1.29, 1.82) is 0 Å². The molecule has 106 valence electrons. The first-order valence-corrected chi connectivity index (χ1v) is 7.43. The fraction of sp³-hybridized carbons (Fsp3) is 0.286. The van der Waals surface area contributed by atoms with Crippen LogP contribution in [0.15, 0.2) is 29.6 Å². The quantitative estimate of drug-likeness (QED) is 0.921. The van der Waals surface area contributed by atoms with Gasteiger partial charge in [0.1, 0.15) is 0 Å². The highest BCUT2D eigenvalue weighted by Gasteiger charge is 2.07. The molecule has 0 saturated carbocycles. The van der Waals surface area contributed by atoms with Gasteiger partial charge in [0, 0.05) is 30.4 Å². The molecule has 0 unspecified atom stereocenters. The molecule has 0 fully saturated rings. The number of aromatic nitrogens is 1. The van der Waals surface area contributed by atoms with E-state index in [9.17, 15) is 4.79 Å². The summed E-state index contributed by atoms with van der Waals surface area (Å²) >= 11 is 7.41. The van der Waals surface area contributed by atoms with Crippen molar-refractivity contribution in [2.75, 3.05) is 12.4 Å². The van der Waals surface area contributed by atoms with Gasteiger partial charge in [0.05, 0.1) is 5.69 Å². The minimum atomic E-state index is -0.0989. The summed E-state index contributed by atoms with van der Waals surface area (Å²) < 4.78 is 0. The predicted octanol–water partition coefficient (Wildman–Crippen LogP) is 3.39. The van der Waals surface area contributed by atoms with E-state index < -0.39 is 0 Å². The summed E-state index contributed by atoms with van der Waals surface area (Å²) in [4.78, 5) is 17.5. The number of anilines is 1. The summed E-state index contributed by atoms with van der Waals surface area (Å²) in [5.74, 6) is -0.0989. The van der Waals surface area contributed by atoms with Gasteiger partial charge in [0.2, 0.25) is 5.91 Å². The lowest BCUT2D eigenvalue weighted by Gasteiger charge is -2.15. The van der Waals surface area contributed by atoms with Gasteiger partial charge >= 0.3 is 0 Å². The molecular weight excluding hydrogens is 294 g/mol. The van der Waals surface area contributed by atoms with E-state index in [1.54, 1.807) is 0 Å². The number of carbonyl (C=O) groups is 1. The van der Waals surface area contributed by atoms with Crippen LogP contribution in [0.25, 0.3) is 0 Å². The molecule has 1 amide bonds. The van der Waals surface area contributed by atoms with E-state index in [1.165, 1.54) is 18.3 Å². The molecule has 20 heavy (non-hydrogen) atoms. The number of hydrogen-bond donors (Lipinski definition) is 1. The van der Waals surface area contributed by atoms with E-state index in [1.807, 2.05) is 36.7 Å². The number of hydrogen-bond acceptors (Lipinski definition) is 4. The number of thiazole rings is 1. The van der Waals surface area contributed by atoms with Gasteiger partial charge in [-0.25, -0.2) is 4.98 Å². The molecule has 6 heteroatoms. The molecule has 2 rings (SSSR count). The Morgan fingerprint density at radius 2 is 2.25 bits per heavy atom. The molecule has 1 aromatic heterocycles. The molecule has 0 radical (unpaired) electrons. The van der Waals surface area contributed by atoms with Gasteiger partial charge in [-0.15, -0.1) is 11.3 Å². The highest BCUT2D eigenvalue weighted by molar-refractivity contribution is 7.13. The van der Waals surface area contributed by atoms with Crippen molar-refractivity contribution < 1.29 is 4.79 Å². The Hall–Kier alpha value is -1.43. The van der Waals surface area contributed by atoms with E-state index >= 15 is 0 Å². The summed E-state index contributed by atoms with van der Waals surface area (Å²) in [6.45, 7) is 3.00. The number of halogens is 1. The summed E-state index contributed by atoms with van der Waals surface area (Å²) in [5.41, 5.74) is 2.11. The van der Waals surface area contributed by atoms with Gasteiger partial charge in [-0.2, -0.15) is 0 Å². The number of nitrogens with one attached hydrogen (secondary N) is 1. The van der Waals surface area contributed by atoms with Crippen LogP contribution in [0.5, 0.6) is 0 Å². The molecule has 4 nitrogen and oxygen atoms in total. The van der Waals surface area contributed by atoms with E-state index in [0.717, 1.165) is 29.4 Å². The average Bonchev–Trinajstić information content (AvgIpc) is 2.75. The lowest BCUT2D eigenvalue weighted by molar-refractivity contribution is -0.114. The van der Waals surface area contributed by atoms with E-state index in [-0.39, 0.29) is 5.91 Å². The summed E-state index contributed by atoms with van der Waals surface area (Å²) in [7, 11) is 2.03. The molecule has 0 atom stereocenters. The third-order valence-corrected chi connectivity index (χ3v) is 3.65. The van der Waals surface area contributed by atoms with Crippen molar-refractivity contribution in [3.63, 3.8) is 0 Å². The zero-order valence-electron chi connectivity index (χ0n) is 11.4.